The van der Waals surface area contributed by atoms with Gasteiger partial charge in [0, 0.05) is 34.1 Å². The lowest BCUT2D eigenvalue weighted by atomic mass is 10.0. The molecule has 0 aliphatic carbocycles. The summed E-state index contributed by atoms with van der Waals surface area (Å²) in [6.07, 6.45) is 0.208. The Morgan fingerprint density at radius 2 is 2.12 bits per heavy atom. The van der Waals surface area contributed by atoms with Crippen molar-refractivity contribution in [2.45, 2.75) is 19.1 Å². The molecule has 0 aliphatic heterocycles. The number of hydrogen-bond donors (Lipinski definition) is 1. The maximum absolute atomic E-state index is 12.1. The molecule has 6 heteroatoms. The molecule has 1 heterocycles. The lowest BCUT2D eigenvalue weighted by molar-refractivity contribution is -0.120. The predicted octanol–water partition coefficient (Wildman–Crippen LogP) is 3.55. The van der Waals surface area contributed by atoms with Crippen LogP contribution in [0.3, 0.4) is 0 Å². The molecule has 0 radical (unpaired) electrons. The highest BCUT2D eigenvalue weighted by molar-refractivity contribution is 7.98. The highest BCUT2D eigenvalue weighted by Gasteiger charge is 2.11. The van der Waals surface area contributed by atoms with E-state index >= 15 is 0 Å². The summed E-state index contributed by atoms with van der Waals surface area (Å²) in [6.45, 7) is 2.14. The SMILES string of the molecule is COc1ccc(C(C)=O)cc1CC(=O)NCCSCc1cccs1. The third-order valence-electron chi connectivity index (χ3n) is 3.43. The van der Waals surface area contributed by atoms with Gasteiger partial charge in [-0.05, 0) is 36.6 Å². The van der Waals surface area contributed by atoms with Crippen LogP contribution in [0.15, 0.2) is 35.7 Å². The van der Waals surface area contributed by atoms with Gasteiger partial charge >= 0.3 is 0 Å². The summed E-state index contributed by atoms with van der Waals surface area (Å²) < 4.78 is 5.27. The molecule has 2 aromatic rings. The maximum atomic E-state index is 12.1. The number of thiophene rings is 1. The van der Waals surface area contributed by atoms with Crippen molar-refractivity contribution < 1.29 is 14.3 Å². The monoisotopic (exact) mass is 363 g/mol. The van der Waals surface area contributed by atoms with Gasteiger partial charge in [-0.2, -0.15) is 11.8 Å². The molecule has 0 spiro atoms. The number of methoxy groups -OCH3 is 1. The highest BCUT2D eigenvalue weighted by atomic mass is 32.2. The topological polar surface area (TPSA) is 55.4 Å². The van der Waals surface area contributed by atoms with E-state index in [1.807, 2.05) is 6.07 Å². The van der Waals surface area contributed by atoms with E-state index in [0.717, 1.165) is 17.1 Å². The van der Waals surface area contributed by atoms with Gasteiger partial charge in [0.15, 0.2) is 5.78 Å². The van der Waals surface area contributed by atoms with E-state index in [4.69, 9.17) is 4.74 Å². The van der Waals surface area contributed by atoms with E-state index in [-0.39, 0.29) is 18.1 Å². The Morgan fingerprint density at radius 1 is 1.29 bits per heavy atom. The van der Waals surface area contributed by atoms with Gasteiger partial charge in [0.1, 0.15) is 5.75 Å². The van der Waals surface area contributed by atoms with Gasteiger partial charge in [0.25, 0.3) is 0 Å². The number of benzene rings is 1. The van der Waals surface area contributed by atoms with Crippen LogP contribution in [-0.4, -0.2) is 31.1 Å². The molecule has 0 bridgehead atoms. The first-order valence-corrected chi connectivity index (χ1v) is 9.68. The summed E-state index contributed by atoms with van der Waals surface area (Å²) in [4.78, 5) is 24.9. The minimum absolute atomic E-state index is 0.0238. The van der Waals surface area contributed by atoms with Crippen LogP contribution in [0.4, 0.5) is 0 Å². The Bertz CT molecular complexity index is 684. The van der Waals surface area contributed by atoms with Crippen molar-refractivity contribution >= 4 is 34.8 Å². The van der Waals surface area contributed by atoms with Crippen LogP contribution in [0.25, 0.3) is 0 Å². The lowest BCUT2D eigenvalue weighted by Gasteiger charge is -2.10. The zero-order valence-electron chi connectivity index (χ0n) is 13.8. The number of Topliss-reactive ketones (excluding diaryl/α,β-unsaturated/α-hetero) is 1. The number of carbonyl (C=O) groups is 2. The fourth-order valence-electron chi connectivity index (χ4n) is 2.20. The van der Waals surface area contributed by atoms with Crippen LogP contribution < -0.4 is 10.1 Å². The van der Waals surface area contributed by atoms with E-state index in [2.05, 4.69) is 16.8 Å². The standard InChI is InChI=1S/C18H21NO3S2/c1-13(20)14-5-6-17(22-2)15(10-14)11-18(21)19-7-9-23-12-16-4-3-8-24-16/h3-6,8,10H,7,9,11-12H2,1-2H3,(H,19,21). The molecule has 1 amide bonds. The Hall–Kier alpha value is -1.79. The summed E-state index contributed by atoms with van der Waals surface area (Å²) in [5.41, 5.74) is 1.32. The quantitative estimate of drug-likeness (QED) is 0.547. The van der Waals surface area contributed by atoms with Crippen molar-refractivity contribution in [3.05, 3.63) is 51.7 Å². The van der Waals surface area contributed by atoms with Gasteiger partial charge in [-0.1, -0.05) is 6.07 Å². The first-order valence-electron chi connectivity index (χ1n) is 7.65. The second-order valence-corrected chi connectivity index (χ2v) is 7.38. The summed E-state index contributed by atoms with van der Waals surface area (Å²) >= 11 is 3.55. The molecule has 0 unspecified atom stereocenters. The molecule has 2 rings (SSSR count). The van der Waals surface area contributed by atoms with Crippen LogP contribution >= 0.6 is 23.1 Å². The molecule has 1 aromatic heterocycles. The van der Waals surface area contributed by atoms with E-state index in [1.54, 1.807) is 48.4 Å². The number of amides is 1. The Kier molecular flexibility index (Phi) is 7.34. The molecule has 4 nitrogen and oxygen atoms in total. The van der Waals surface area contributed by atoms with Crippen molar-refractivity contribution in [3.8, 4) is 5.75 Å². The van der Waals surface area contributed by atoms with E-state index < -0.39 is 0 Å². The van der Waals surface area contributed by atoms with Gasteiger partial charge in [-0.15, -0.1) is 11.3 Å². The van der Waals surface area contributed by atoms with Crippen LogP contribution in [0, 0.1) is 0 Å². The molecule has 24 heavy (non-hydrogen) atoms. The number of ketones is 1. The largest absolute Gasteiger partial charge is 0.496 e. The average molecular weight is 364 g/mol. The minimum atomic E-state index is -0.0641. The maximum Gasteiger partial charge on any atom is 0.224 e. The molecule has 0 saturated carbocycles. The summed E-state index contributed by atoms with van der Waals surface area (Å²) in [7, 11) is 1.56. The molecule has 1 aromatic carbocycles. The number of hydrogen-bond acceptors (Lipinski definition) is 5. The average Bonchev–Trinajstić information content (AvgIpc) is 3.07. The fourth-order valence-corrected chi connectivity index (χ4v) is 3.90. The first kappa shape index (κ1) is 18.5. The van der Waals surface area contributed by atoms with Crippen molar-refractivity contribution in [3.63, 3.8) is 0 Å². The summed E-state index contributed by atoms with van der Waals surface area (Å²) in [6, 6.07) is 9.34. The molecule has 0 saturated heterocycles. The van der Waals surface area contributed by atoms with Crippen LogP contribution in [0.2, 0.25) is 0 Å². The number of rotatable bonds is 9. The van der Waals surface area contributed by atoms with Crippen molar-refractivity contribution in [2.24, 2.45) is 0 Å². The molecule has 1 N–H and O–H groups in total. The minimum Gasteiger partial charge on any atom is -0.496 e. The molecular formula is C18H21NO3S2. The van der Waals surface area contributed by atoms with E-state index in [0.29, 0.717) is 17.9 Å². The van der Waals surface area contributed by atoms with E-state index in [9.17, 15) is 9.59 Å². The molecule has 0 fully saturated rings. The molecular weight excluding hydrogens is 342 g/mol. The lowest BCUT2D eigenvalue weighted by Crippen LogP contribution is -2.27. The number of nitrogens with one attached hydrogen (secondary N) is 1. The smallest absolute Gasteiger partial charge is 0.224 e. The van der Waals surface area contributed by atoms with Gasteiger partial charge in [-0.25, -0.2) is 0 Å². The zero-order valence-corrected chi connectivity index (χ0v) is 15.5. The Labute approximate surface area is 150 Å². The summed E-state index contributed by atoms with van der Waals surface area (Å²) in [5, 5.41) is 4.98. The Balaban J connectivity index is 1.79. The van der Waals surface area contributed by atoms with Crippen molar-refractivity contribution in [1.29, 1.82) is 0 Å². The van der Waals surface area contributed by atoms with Crippen LogP contribution in [-0.2, 0) is 17.0 Å². The van der Waals surface area contributed by atoms with Gasteiger partial charge in [-0.3, -0.25) is 9.59 Å². The number of ether oxygens (including phenoxy) is 1. The fraction of sp³-hybridized carbons (Fsp3) is 0.333. The van der Waals surface area contributed by atoms with Gasteiger partial charge in [0.2, 0.25) is 5.91 Å². The third-order valence-corrected chi connectivity index (χ3v) is 5.50. The number of thioether (sulfide) groups is 1. The van der Waals surface area contributed by atoms with Crippen molar-refractivity contribution in [2.75, 3.05) is 19.4 Å². The van der Waals surface area contributed by atoms with Crippen molar-refractivity contribution in [1.82, 2.24) is 5.32 Å². The molecule has 0 aliphatic rings. The van der Waals surface area contributed by atoms with Gasteiger partial charge < -0.3 is 10.1 Å². The third kappa shape index (κ3) is 5.69. The van der Waals surface area contributed by atoms with Gasteiger partial charge in [0.05, 0.1) is 13.5 Å². The van der Waals surface area contributed by atoms with Crippen LogP contribution in [0.1, 0.15) is 27.7 Å². The zero-order chi connectivity index (χ0) is 17.4. The second kappa shape index (κ2) is 9.49. The van der Waals surface area contributed by atoms with Crippen LogP contribution in [0.5, 0.6) is 5.75 Å². The summed E-state index contributed by atoms with van der Waals surface area (Å²) in [5.74, 6) is 2.38. The number of carbonyl (C=O) groups excluding carboxylic acids is 2. The Morgan fingerprint density at radius 3 is 2.79 bits per heavy atom. The normalized spacial score (nSPS) is 10.4. The molecule has 0 atom stereocenters. The predicted molar refractivity (Wildman–Crippen MR) is 100 cm³/mol. The van der Waals surface area contributed by atoms with E-state index in [1.165, 1.54) is 11.8 Å². The first-order chi connectivity index (χ1) is 11.6. The highest BCUT2D eigenvalue weighted by Crippen LogP contribution is 2.21. The molecule has 128 valence electrons. The second-order valence-electron chi connectivity index (χ2n) is 5.24.